The molecule has 0 radical (unpaired) electrons. The van der Waals surface area contributed by atoms with Crippen molar-refractivity contribution in [2.45, 2.75) is 13.2 Å². The average molecular weight is 463 g/mol. The first-order chi connectivity index (χ1) is 14.9. The number of aromatic nitrogens is 8. The number of nitro groups is 1. The molecule has 0 aliphatic heterocycles. The van der Waals surface area contributed by atoms with E-state index < -0.39 is 16.8 Å². The molecule has 4 aromatic rings. The molecule has 1 aromatic carbocycles. The van der Waals surface area contributed by atoms with Gasteiger partial charge in [-0.2, -0.15) is 9.78 Å². The van der Waals surface area contributed by atoms with E-state index in [1.165, 1.54) is 39.0 Å². The lowest BCUT2D eigenvalue weighted by atomic mass is 10.2. The second-order valence-corrected chi connectivity index (χ2v) is 7.02. The van der Waals surface area contributed by atoms with E-state index in [1.807, 2.05) is 0 Å². The van der Waals surface area contributed by atoms with Crippen LogP contribution in [0.15, 0.2) is 43.1 Å². The van der Waals surface area contributed by atoms with Crippen LogP contribution in [0.3, 0.4) is 0 Å². The largest absolute Gasteiger partial charge is 0.491 e. The van der Waals surface area contributed by atoms with E-state index in [9.17, 15) is 14.9 Å². The molecule has 0 aliphatic rings. The third-order valence-electron chi connectivity index (χ3n) is 3.96. The lowest BCUT2D eigenvalue weighted by Crippen LogP contribution is -2.16. The minimum Gasteiger partial charge on any atom is -0.390 e. The Bertz CT molecular complexity index is 1260. The summed E-state index contributed by atoms with van der Waals surface area (Å²) in [6.45, 7) is 0.389. The Kier molecular flexibility index (Phi) is 5.60. The van der Waals surface area contributed by atoms with Gasteiger partial charge in [0.25, 0.3) is 5.91 Å². The van der Waals surface area contributed by atoms with Crippen LogP contribution in [-0.4, -0.2) is 50.1 Å². The number of rotatable bonds is 7. The van der Waals surface area contributed by atoms with Crippen molar-refractivity contribution in [1.82, 2.24) is 39.3 Å². The fraction of sp³-hybridized carbons (Fsp3) is 0.125. The van der Waals surface area contributed by atoms with Crippen molar-refractivity contribution < 1.29 is 9.72 Å². The molecule has 3 heterocycles. The summed E-state index contributed by atoms with van der Waals surface area (Å²) in [5.41, 5.74) is 0.896. The van der Waals surface area contributed by atoms with E-state index in [4.69, 9.17) is 23.2 Å². The predicted molar refractivity (Wildman–Crippen MR) is 108 cm³/mol. The molecule has 15 heteroatoms. The van der Waals surface area contributed by atoms with E-state index >= 15 is 0 Å². The third kappa shape index (κ3) is 4.84. The van der Waals surface area contributed by atoms with Gasteiger partial charge in [0.05, 0.1) is 6.54 Å². The Morgan fingerprint density at radius 3 is 2.61 bits per heavy atom. The Hall–Kier alpha value is -3.84. The van der Waals surface area contributed by atoms with Crippen LogP contribution >= 0.6 is 23.2 Å². The number of halogens is 2. The zero-order valence-corrected chi connectivity index (χ0v) is 17.0. The Labute approximate surface area is 183 Å². The van der Waals surface area contributed by atoms with Crippen molar-refractivity contribution in [1.29, 1.82) is 0 Å². The first kappa shape index (κ1) is 20.4. The van der Waals surface area contributed by atoms with Gasteiger partial charge in [-0.3, -0.25) is 10.1 Å². The molecule has 0 spiro atoms. The highest BCUT2D eigenvalue weighted by molar-refractivity contribution is 6.35. The minimum atomic E-state index is -0.703. The van der Waals surface area contributed by atoms with E-state index in [0.717, 1.165) is 5.56 Å². The van der Waals surface area contributed by atoms with Gasteiger partial charge in [0.15, 0.2) is 12.4 Å². The molecule has 0 atom stereocenters. The molecule has 0 fully saturated rings. The zero-order chi connectivity index (χ0) is 22.0. The summed E-state index contributed by atoms with van der Waals surface area (Å²) in [6.07, 6.45) is 4.18. The molecular weight excluding hydrogens is 451 g/mol. The average Bonchev–Trinajstić information content (AvgIpc) is 3.46. The van der Waals surface area contributed by atoms with Gasteiger partial charge in [-0.25, -0.2) is 14.3 Å². The SMILES string of the molecule is O=C(Nc1ncn(Cc2ccc(Cl)cc2Cl)n1)c1ccn(Cn2cnc([N+](=O)[O-])n2)n1. The number of nitrogens with zero attached hydrogens (tertiary/aromatic N) is 9. The lowest BCUT2D eigenvalue weighted by molar-refractivity contribution is -0.394. The summed E-state index contributed by atoms with van der Waals surface area (Å²) in [4.78, 5) is 29.9. The van der Waals surface area contributed by atoms with Crippen molar-refractivity contribution in [3.63, 3.8) is 0 Å². The maximum Gasteiger partial charge on any atom is 0.491 e. The number of anilines is 1. The fourth-order valence-electron chi connectivity index (χ4n) is 2.56. The molecule has 1 amide bonds. The number of carbonyl (C=O) groups excluding carboxylic acids is 1. The van der Waals surface area contributed by atoms with Crippen LogP contribution in [0.5, 0.6) is 0 Å². The van der Waals surface area contributed by atoms with Crippen molar-refractivity contribution in [3.8, 4) is 0 Å². The second-order valence-electron chi connectivity index (χ2n) is 6.18. The third-order valence-corrected chi connectivity index (χ3v) is 4.55. The van der Waals surface area contributed by atoms with Crippen molar-refractivity contribution in [3.05, 3.63) is 74.5 Å². The van der Waals surface area contributed by atoms with Gasteiger partial charge in [-0.05, 0) is 28.7 Å². The van der Waals surface area contributed by atoms with Crippen LogP contribution in [-0.2, 0) is 13.2 Å². The first-order valence-electron chi connectivity index (χ1n) is 8.59. The molecule has 0 saturated carbocycles. The summed E-state index contributed by atoms with van der Waals surface area (Å²) in [5.74, 6) is -0.950. The molecule has 158 valence electrons. The van der Waals surface area contributed by atoms with E-state index in [0.29, 0.717) is 16.6 Å². The van der Waals surface area contributed by atoms with Crippen LogP contribution in [0, 0.1) is 10.1 Å². The topological polar surface area (TPSA) is 151 Å². The van der Waals surface area contributed by atoms with Gasteiger partial charge in [-0.1, -0.05) is 34.3 Å². The van der Waals surface area contributed by atoms with Crippen LogP contribution < -0.4 is 5.32 Å². The summed E-state index contributed by atoms with van der Waals surface area (Å²) in [5, 5.41) is 26.2. The van der Waals surface area contributed by atoms with Crippen molar-refractivity contribution in [2.75, 3.05) is 5.32 Å². The normalized spacial score (nSPS) is 10.9. The fourth-order valence-corrected chi connectivity index (χ4v) is 3.03. The van der Waals surface area contributed by atoms with Crippen LogP contribution in [0.25, 0.3) is 0 Å². The van der Waals surface area contributed by atoms with Crippen LogP contribution in [0.2, 0.25) is 10.0 Å². The van der Waals surface area contributed by atoms with Crippen LogP contribution in [0.1, 0.15) is 16.1 Å². The van der Waals surface area contributed by atoms with Crippen molar-refractivity contribution in [2.24, 2.45) is 0 Å². The highest BCUT2D eigenvalue weighted by Crippen LogP contribution is 2.21. The van der Waals surface area contributed by atoms with E-state index in [1.54, 1.807) is 18.2 Å². The Morgan fingerprint density at radius 1 is 1.06 bits per heavy atom. The minimum absolute atomic E-state index is 0.0445. The molecule has 0 aliphatic carbocycles. The van der Waals surface area contributed by atoms with Crippen molar-refractivity contribution >= 4 is 41.0 Å². The summed E-state index contributed by atoms with van der Waals surface area (Å²) in [7, 11) is 0. The molecule has 13 nitrogen and oxygen atoms in total. The van der Waals surface area contributed by atoms with Gasteiger partial charge >= 0.3 is 5.95 Å². The molecule has 31 heavy (non-hydrogen) atoms. The summed E-state index contributed by atoms with van der Waals surface area (Å²) < 4.78 is 4.11. The quantitative estimate of drug-likeness (QED) is 0.323. The molecule has 0 unspecified atom stereocenters. The number of hydrogen-bond donors (Lipinski definition) is 1. The Morgan fingerprint density at radius 2 is 1.87 bits per heavy atom. The monoisotopic (exact) mass is 462 g/mol. The molecular formula is C16H12Cl2N10O3. The first-order valence-corrected chi connectivity index (χ1v) is 9.35. The number of benzene rings is 1. The number of amides is 1. The Balaban J connectivity index is 1.38. The predicted octanol–water partition coefficient (Wildman–Crippen LogP) is 2.09. The maximum atomic E-state index is 12.4. The lowest BCUT2D eigenvalue weighted by Gasteiger charge is -2.04. The van der Waals surface area contributed by atoms with E-state index in [2.05, 4.69) is 30.6 Å². The van der Waals surface area contributed by atoms with Gasteiger partial charge in [0, 0.05) is 21.3 Å². The van der Waals surface area contributed by atoms with Gasteiger partial charge in [-0.15, -0.1) is 5.10 Å². The smallest absolute Gasteiger partial charge is 0.390 e. The second kappa shape index (κ2) is 8.49. The molecule has 0 saturated heterocycles. The van der Waals surface area contributed by atoms with E-state index in [-0.39, 0.29) is 18.3 Å². The molecule has 1 N–H and O–H groups in total. The number of nitrogens with one attached hydrogen (secondary N) is 1. The zero-order valence-electron chi connectivity index (χ0n) is 15.5. The molecule has 3 aromatic heterocycles. The number of carbonyl (C=O) groups is 1. The van der Waals surface area contributed by atoms with Gasteiger partial charge < -0.3 is 10.1 Å². The molecule has 0 bridgehead atoms. The highest BCUT2D eigenvalue weighted by atomic mass is 35.5. The standard InChI is InChI=1S/C16H12Cl2N10O3/c17-11-2-1-10(12(18)5-11)6-26-7-19-15(23-26)21-14(29)13-3-4-25(22-13)9-27-8-20-16(24-27)28(30)31/h1-5,7-8H,6,9H2,(H,21,23,29). The molecule has 4 rings (SSSR count). The summed E-state index contributed by atoms with van der Waals surface area (Å²) in [6, 6.07) is 6.61. The highest BCUT2D eigenvalue weighted by Gasteiger charge is 2.16. The summed E-state index contributed by atoms with van der Waals surface area (Å²) >= 11 is 12.0. The number of hydrogen-bond acceptors (Lipinski definition) is 8. The van der Waals surface area contributed by atoms with Gasteiger partial charge in [0.2, 0.25) is 12.3 Å². The van der Waals surface area contributed by atoms with Crippen LogP contribution in [0.4, 0.5) is 11.9 Å². The maximum absolute atomic E-state index is 12.4. The van der Waals surface area contributed by atoms with Gasteiger partial charge in [0.1, 0.15) is 6.33 Å².